The standard InChI is InChI=1S/C16H22N2O/c1-11-5-4-6-12(9-11)16(18-17)14-10-19-15-8-3-2-7-13(14)15/h2-3,7-8,10-12,16,18H,4-6,9,17H2,1H3. The Balaban J connectivity index is 1.93. The van der Waals surface area contributed by atoms with Gasteiger partial charge in [-0.1, -0.05) is 38.0 Å². The van der Waals surface area contributed by atoms with Crippen molar-refractivity contribution in [1.29, 1.82) is 0 Å². The number of hydrogen-bond acceptors (Lipinski definition) is 3. The minimum absolute atomic E-state index is 0.200. The number of benzene rings is 1. The Bertz CT molecular complexity index is 548. The SMILES string of the molecule is CC1CCCC(C(NN)c2coc3ccccc23)C1. The van der Waals surface area contributed by atoms with Crippen LogP contribution in [-0.2, 0) is 0 Å². The molecule has 3 heteroatoms. The highest BCUT2D eigenvalue weighted by atomic mass is 16.3. The average molecular weight is 258 g/mol. The van der Waals surface area contributed by atoms with E-state index in [9.17, 15) is 0 Å². The summed E-state index contributed by atoms with van der Waals surface area (Å²) >= 11 is 0. The zero-order valence-corrected chi connectivity index (χ0v) is 11.4. The topological polar surface area (TPSA) is 51.2 Å². The van der Waals surface area contributed by atoms with Crippen LogP contribution in [0.15, 0.2) is 34.9 Å². The number of furan rings is 1. The first-order chi connectivity index (χ1) is 9.29. The van der Waals surface area contributed by atoms with Crippen molar-refractivity contribution < 1.29 is 4.42 Å². The zero-order chi connectivity index (χ0) is 13.2. The Labute approximate surface area is 114 Å². The van der Waals surface area contributed by atoms with E-state index >= 15 is 0 Å². The summed E-state index contributed by atoms with van der Waals surface area (Å²) in [5.74, 6) is 7.24. The van der Waals surface area contributed by atoms with E-state index in [1.54, 1.807) is 0 Å². The number of nitrogens with two attached hydrogens (primary N) is 1. The van der Waals surface area contributed by atoms with E-state index < -0.39 is 0 Å². The average Bonchev–Trinajstić information content (AvgIpc) is 2.84. The maximum atomic E-state index is 5.84. The van der Waals surface area contributed by atoms with E-state index in [1.165, 1.54) is 36.6 Å². The second-order valence-corrected chi connectivity index (χ2v) is 5.86. The predicted molar refractivity (Wildman–Crippen MR) is 77.4 cm³/mol. The fourth-order valence-corrected chi connectivity index (χ4v) is 3.50. The molecule has 3 N–H and O–H groups in total. The first-order valence-electron chi connectivity index (χ1n) is 7.22. The number of hydrogen-bond donors (Lipinski definition) is 2. The Hall–Kier alpha value is -1.32. The maximum Gasteiger partial charge on any atom is 0.134 e. The van der Waals surface area contributed by atoms with Crippen molar-refractivity contribution >= 4 is 11.0 Å². The predicted octanol–water partition coefficient (Wildman–Crippen LogP) is 3.76. The third-order valence-corrected chi connectivity index (χ3v) is 4.47. The minimum atomic E-state index is 0.200. The third kappa shape index (κ3) is 2.40. The minimum Gasteiger partial charge on any atom is -0.464 e. The summed E-state index contributed by atoms with van der Waals surface area (Å²) in [5, 5.41) is 1.18. The van der Waals surface area contributed by atoms with E-state index in [0.29, 0.717) is 5.92 Å². The summed E-state index contributed by atoms with van der Waals surface area (Å²) in [7, 11) is 0. The molecule has 0 amide bonds. The van der Waals surface area contributed by atoms with Crippen LogP contribution in [-0.4, -0.2) is 0 Å². The summed E-state index contributed by atoms with van der Waals surface area (Å²) in [6, 6.07) is 8.38. The molecule has 0 spiro atoms. The fourth-order valence-electron chi connectivity index (χ4n) is 3.50. The van der Waals surface area contributed by atoms with Crippen molar-refractivity contribution in [3.63, 3.8) is 0 Å². The molecule has 0 saturated heterocycles. The van der Waals surface area contributed by atoms with Gasteiger partial charge in [0.1, 0.15) is 5.58 Å². The molecule has 1 aliphatic rings. The van der Waals surface area contributed by atoms with Crippen molar-refractivity contribution in [2.24, 2.45) is 17.7 Å². The van der Waals surface area contributed by atoms with Gasteiger partial charge < -0.3 is 4.42 Å². The van der Waals surface area contributed by atoms with Gasteiger partial charge in [-0.05, 0) is 30.7 Å². The van der Waals surface area contributed by atoms with Gasteiger partial charge in [-0.2, -0.15) is 0 Å². The van der Waals surface area contributed by atoms with Gasteiger partial charge in [-0.25, -0.2) is 0 Å². The molecular formula is C16H22N2O. The second kappa shape index (κ2) is 5.35. The molecule has 102 valence electrons. The van der Waals surface area contributed by atoms with E-state index in [0.717, 1.165) is 11.5 Å². The smallest absolute Gasteiger partial charge is 0.134 e. The molecule has 1 saturated carbocycles. The zero-order valence-electron chi connectivity index (χ0n) is 11.4. The molecule has 1 aromatic carbocycles. The van der Waals surface area contributed by atoms with Crippen LogP contribution in [0.4, 0.5) is 0 Å². The van der Waals surface area contributed by atoms with Crippen LogP contribution >= 0.6 is 0 Å². The Kier molecular flexibility index (Phi) is 3.58. The largest absolute Gasteiger partial charge is 0.464 e. The number of para-hydroxylation sites is 1. The van der Waals surface area contributed by atoms with E-state index in [4.69, 9.17) is 10.3 Å². The molecule has 1 aromatic heterocycles. The summed E-state index contributed by atoms with van der Waals surface area (Å²) in [4.78, 5) is 0. The van der Waals surface area contributed by atoms with Crippen LogP contribution in [0.25, 0.3) is 11.0 Å². The van der Waals surface area contributed by atoms with Crippen molar-refractivity contribution in [1.82, 2.24) is 5.43 Å². The van der Waals surface area contributed by atoms with E-state index in [1.807, 2.05) is 18.4 Å². The van der Waals surface area contributed by atoms with Gasteiger partial charge >= 0.3 is 0 Å². The molecule has 19 heavy (non-hydrogen) atoms. The first kappa shape index (κ1) is 12.7. The van der Waals surface area contributed by atoms with Crippen LogP contribution in [0.3, 0.4) is 0 Å². The first-order valence-corrected chi connectivity index (χ1v) is 7.22. The second-order valence-electron chi connectivity index (χ2n) is 5.86. The molecule has 1 aliphatic carbocycles. The quantitative estimate of drug-likeness (QED) is 0.651. The lowest BCUT2D eigenvalue weighted by atomic mass is 9.77. The van der Waals surface area contributed by atoms with Gasteiger partial charge in [0.05, 0.1) is 12.3 Å². The molecule has 0 bridgehead atoms. The van der Waals surface area contributed by atoms with Gasteiger partial charge in [0, 0.05) is 10.9 Å². The normalized spacial score (nSPS) is 25.6. The highest BCUT2D eigenvalue weighted by molar-refractivity contribution is 5.81. The van der Waals surface area contributed by atoms with Gasteiger partial charge in [-0.15, -0.1) is 0 Å². The van der Waals surface area contributed by atoms with Crippen molar-refractivity contribution in [3.8, 4) is 0 Å². The molecule has 3 nitrogen and oxygen atoms in total. The molecular weight excluding hydrogens is 236 g/mol. The van der Waals surface area contributed by atoms with Gasteiger partial charge in [0.2, 0.25) is 0 Å². The monoisotopic (exact) mass is 258 g/mol. The van der Waals surface area contributed by atoms with Crippen LogP contribution < -0.4 is 11.3 Å². The summed E-state index contributed by atoms with van der Waals surface area (Å²) in [5.41, 5.74) is 5.18. The van der Waals surface area contributed by atoms with Crippen molar-refractivity contribution in [2.45, 2.75) is 38.6 Å². The summed E-state index contributed by atoms with van der Waals surface area (Å²) in [6.07, 6.45) is 7.02. The lowest BCUT2D eigenvalue weighted by Crippen LogP contribution is -2.35. The Morgan fingerprint density at radius 2 is 2.16 bits per heavy atom. The number of nitrogens with one attached hydrogen (secondary N) is 1. The highest BCUT2D eigenvalue weighted by Gasteiger charge is 2.29. The summed E-state index contributed by atoms with van der Waals surface area (Å²) in [6.45, 7) is 2.34. The van der Waals surface area contributed by atoms with Crippen LogP contribution in [0.2, 0.25) is 0 Å². The molecule has 3 unspecified atom stereocenters. The summed E-state index contributed by atoms with van der Waals surface area (Å²) < 4.78 is 5.65. The lowest BCUT2D eigenvalue weighted by Gasteiger charge is -2.32. The lowest BCUT2D eigenvalue weighted by molar-refractivity contribution is 0.224. The van der Waals surface area contributed by atoms with Crippen molar-refractivity contribution in [3.05, 3.63) is 36.1 Å². The van der Waals surface area contributed by atoms with Crippen LogP contribution in [0.1, 0.15) is 44.2 Å². The number of fused-ring (bicyclic) bond motifs is 1. The molecule has 0 radical (unpaired) electrons. The number of hydrazine groups is 1. The van der Waals surface area contributed by atoms with Gasteiger partial charge in [0.25, 0.3) is 0 Å². The van der Waals surface area contributed by atoms with Crippen LogP contribution in [0, 0.1) is 11.8 Å². The maximum absolute atomic E-state index is 5.84. The van der Waals surface area contributed by atoms with Gasteiger partial charge in [-0.3, -0.25) is 11.3 Å². The fraction of sp³-hybridized carbons (Fsp3) is 0.500. The van der Waals surface area contributed by atoms with Crippen molar-refractivity contribution in [2.75, 3.05) is 0 Å². The number of rotatable bonds is 3. The molecule has 3 rings (SSSR count). The molecule has 1 heterocycles. The van der Waals surface area contributed by atoms with E-state index in [2.05, 4.69) is 24.5 Å². The van der Waals surface area contributed by atoms with Crippen LogP contribution in [0.5, 0.6) is 0 Å². The molecule has 2 aromatic rings. The Morgan fingerprint density at radius 1 is 1.32 bits per heavy atom. The van der Waals surface area contributed by atoms with Gasteiger partial charge in [0.15, 0.2) is 0 Å². The highest BCUT2D eigenvalue weighted by Crippen LogP contribution is 2.39. The third-order valence-electron chi connectivity index (χ3n) is 4.47. The Morgan fingerprint density at radius 3 is 2.95 bits per heavy atom. The molecule has 1 fully saturated rings. The molecule has 0 aliphatic heterocycles. The van der Waals surface area contributed by atoms with E-state index in [-0.39, 0.29) is 6.04 Å². The molecule has 3 atom stereocenters.